The minimum atomic E-state index is -0.297. The van der Waals surface area contributed by atoms with Crippen molar-refractivity contribution in [1.29, 1.82) is 0 Å². The van der Waals surface area contributed by atoms with Crippen LogP contribution in [0.4, 0.5) is 4.39 Å². The summed E-state index contributed by atoms with van der Waals surface area (Å²) in [5, 5.41) is 0.409. The van der Waals surface area contributed by atoms with E-state index in [1.165, 1.54) is 17.4 Å². The molecule has 96 valence electrons. The molecule has 0 aliphatic carbocycles. The van der Waals surface area contributed by atoms with Crippen molar-refractivity contribution in [3.05, 3.63) is 46.0 Å². The van der Waals surface area contributed by atoms with Crippen LogP contribution in [0.25, 0.3) is 10.4 Å². The Labute approximate surface area is 115 Å². The molecule has 2 rings (SSSR count). The Kier molecular flexibility index (Phi) is 4.05. The fourth-order valence-electron chi connectivity index (χ4n) is 1.69. The predicted molar refractivity (Wildman–Crippen MR) is 76.5 cm³/mol. The van der Waals surface area contributed by atoms with Gasteiger partial charge in [0.15, 0.2) is 0 Å². The van der Waals surface area contributed by atoms with Gasteiger partial charge in [-0.25, -0.2) is 4.39 Å². The summed E-state index contributed by atoms with van der Waals surface area (Å²) >= 11 is 7.28. The SMILES string of the molecule is CC(C)C(N)c1ccc(-c2ccc(Cl)cc2F)s1. The molecule has 0 spiro atoms. The molecule has 0 saturated heterocycles. The maximum absolute atomic E-state index is 13.8. The molecule has 18 heavy (non-hydrogen) atoms. The van der Waals surface area contributed by atoms with Crippen LogP contribution in [-0.4, -0.2) is 0 Å². The van der Waals surface area contributed by atoms with Crippen LogP contribution in [0.5, 0.6) is 0 Å². The highest BCUT2D eigenvalue weighted by atomic mass is 35.5. The van der Waals surface area contributed by atoms with E-state index < -0.39 is 0 Å². The van der Waals surface area contributed by atoms with Crippen LogP contribution in [0.1, 0.15) is 24.8 Å². The average molecular weight is 284 g/mol. The van der Waals surface area contributed by atoms with E-state index in [1.54, 1.807) is 12.1 Å². The third-order valence-corrected chi connectivity index (χ3v) is 4.33. The lowest BCUT2D eigenvalue weighted by atomic mass is 10.0. The standard InChI is InChI=1S/C14H15ClFNS/c1-8(2)14(17)13-6-5-12(18-13)10-4-3-9(15)7-11(10)16/h3-8,14H,17H2,1-2H3. The van der Waals surface area contributed by atoms with E-state index in [0.717, 1.165) is 9.75 Å². The molecular formula is C14H15ClFNS. The van der Waals surface area contributed by atoms with Gasteiger partial charge in [0.05, 0.1) is 0 Å². The number of benzene rings is 1. The third kappa shape index (κ3) is 2.74. The number of hydrogen-bond donors (Lipinski definition) is 1. The van der Waals surface area contributed by atoms with Crippen LogP contribution >= 0.6 is 22.9 Å². The molecule has 0 bridgehead atoms. The Morgan fingerprint density at radius 1 is 1.22 bits per heavy atom. The number of rotatable bonds is 3. The summed E-state index contributed by atoms with van der Waals surface area (Å²) in [6.07, 6.45) is 0. The van der Waals surface area contributed by atoms with E-state index in [-0.39, 0.29) is 11.9 Å². The summed E-state index contributed by atoms with van der Waals surface area (Å²) in [6.45, 7) is 4.15. The molecule has 0 saturated carbocycles. The normalized spacial score (nSPS) is 13.0. The van der Waals surface area contributed by atoms with Crippen molar-refractivity contribution in [2.45, 2.75) is 19.9 Å². The second-order valence-electron chi connectivity index (χ2n) is 4.60. The molecular weight excluding hydrogens is 269 g/mol. The van der Waals surface area contributed by atoms with Gasteiger partial charge in [-0.3, -0.25) is 0 Å². The van der Waals surface area contributed by atoms with Crippen LogP contribution in [0, 0.1) is 11.7 Å². The van der Waals surface area contributed by atoms with Crippen LogP contribution in [-0.2, 0) is 0 Å². The zero-order valence-corrected chi connectivity index (χ0v) is 11.9. The molecule has 4 heteroatoms. The largest absolute Gasteiger partial charge is 0.323 e. The number of halogens is 2. The molecule has 0 aliphatic heterocycles. The highest BCUT2D eigenvalue weighted by Crippen LogP contribution is 2.34. The van der Waals surface area contributed by atoms with Gasteiger partial charge in [-0.15, -0.1) is 11.3 Å². The Balaban J connectivity index is 2.35. The van der Waals surface area contributed by atoms with E-state index in [9.17, 15) is 4.39 Å². The lowest BCUT2D eigenvalue weighted by molar-refractivity contribution is 0.521. The topological polar surface area (TPSA) is 26.0 Å². The number of thiophene rings is 1. The first-order valence-electron chi connectivity index (χ1n) is 5.79. The van der Waals surface area contributed by atoms with Crippen molar-refractivity contribution in [2.24, 2.45) is 11.7 Å². The van der Waals surface area contributed by atoms with Gasteiger partial charge in [0, 0.05) is 26.4 Å². The summed E-state index contributed by atoms with van der Waals surface area (Å²) in [4.78, 5) is 1.96. The highest BCUT2D eigenvalue weighted by molar-refractivity contribution is 7.15. The second kappa shape index (κ2) is 5.39. The summed E-state index contributed by atoms with van der Waals surface area (Å²) < 4.78 is 13.8. The molecule has 2 aromatic rings. The first-order valence-corrected chi connectivity index (χ1v) is 6.99. The summed E-state index contributed by atoms with van der Waals surface area (Å²) in [6, 6.07) is 8.61. The minimum Gasteiger partial charge on any atom is -0.323 e. The first kappa shape index (κ1) is 13.5. The summed E-state index contributed by atoms with van der Waals surface area (Å²) in [5.41, 5.74) is 6.66. The van der Waals surface area contributed by atoms with Crippen LogP contribution in [0.3, 0.4) is 0 Å². The Bertz CT molecular complexity index is 550. The lowest BCUT2D eigenvalue weighted by Gasteiger charge is -2.12. The molecule has 0 fully saturated rings. The summed E-state index contributed by atoms with van der Waals surface area (Å²) in [5.74, 6) is 0.0700. The molecule has 1 nitrogen and oxygen atoms in total. The Morgan fingerprint density at radius 2 is 1.94 bits per heavy atom. The molecule has 1 unspecified atom stereocenters. The first-order chi connectivity index (χ1) is 8.49. The fourth-order valence-corrected chi connectivity index (χ4v) is 3.06. The van der Waals surface area contributed by atoms with Gasteiger partial charge in [-0.2, -0.15) is 0 Å². The Hall–Kier alpha value is -0.900. The zero-order valence-electron chi connectivity index (χ0n) is 10.3. The van der Waals surface area contributed by atoms with E-state index in [1.807, 2.05) is 12.1 Å². The monoisotopic (exact) mass is 283 g/mol. The maximum Gasteiger partial charge on any atom is 0.133 e. The second-order valence-corrected chi connectivity index (χ2v) is 6.15. The lowest BCUT2D eigenvalue weighted by Crippen LogP contribution is -2.14. The molecule has 1 aromatic carbocycles. The highest BCUT2D eigenvalue weighted by Gasteiger charge is 2.15. The smallest absolute Gasteiger partial charge is 0.133 e. The van der Waals surface area contributed by atoms with Gasteiger partial charge < -0.3 is 5.73 Å². The van der Waals surface area contributed by atoms with Crippen LogP contribution in [0.15, 0.2) is 30.3 Å². The zero-order chi connectivity index (χ0) is 13.3. The maximum atomic E-state index is 13.8. The number of nitrogens with two attached hydrogens (primary N) is 1. The van der Waals surface area contributed by atoms with Gasteiger partial charge >= 0.3 is 0 Å². The van der Waals surface area contributed by atoms with Crippen LogP contribution < -0.4 is 5.73 Å². The quantitative estimate of drug-likeness (QED) is 0.855. The van der Waals surface area contributed by atoms with Gasteiger partial charge in [-0.05, 0) is 36.2 Å². The van der Waals surface area contributed by atoms with E-state index in [0.29, 0.717) is 16.5 Å². The molecule has 0 aliphatic rings. The van der Waals surface area contributed by atoms with E-state index >= 15 is 0 Å². The molecule has 0 amide bonds. The van der Waals surface area contributed by atoms with Crippen molar-refractivity contribution >= 4 is 22.9 Å². The van der Waals surface area contributed by atoms with Crippen molar-refractivity contribution in [3.63, 3.8) is 0 Å². The number of hydrogen-bond acceptors (Lipinski definition) is 2. The molecule has 1 heterocycles. The van der Waals surface area contributed by atoms with Crippen molar-refractivity contribution in [2.75, 3.05) is 0 Å². The Morgan fingerprint density at radius 3 is 2.56 bits per heavy atom. The van der Waals surface area contributed by atoms with E-state index in [2.05, 4.69) is 13.8 Å². The summed E-state index contributed by atoms with van der Waals surface area (Å²) in [7, 11) is 0. The van der Waals surface area contributed by atoms with Gasteiger partial charge in [-0.1, -0.05) is 25.4 Å². The third-order valence-electron chi connectivity index (χ3n) is 2.87. The predicted octanol–water partition coefficient (Wildman–Crippen LogP) is 4.86. The molecule has 1 aromatic heterocycles. The van der Waals surface area contributed by atoms with Gasteiger partial charge in [0.1, 0.15) is 5.82 Å². The molecule has 2 N–H and O–H groups in total. The average Bonchev–Trinajstić information content (AvgIpc) is 2.77. The van der Waals surface area contributed by atoms with Gasteiger partial charge in [0.25, 0.3) is 0 Å². The minimum absolute atomic E-state index is 0.000823. The fraction of sp³-hybridized carbons (Fsp3) is 0.286. The van der Waals surface area contributed by atoms with E-state index in [4.69, 9.17) is 17.3 Å². The molecule has 0 radical (unpaired) electrons. The van der Waals surface area contributed by atoms with Crippen molar-refractivity contribution in [1.82, 2.24) is 0 Å². The van der Waals surface area contributed by atoms with Crippen molar-refractivity contribution < 1.29 is 4.39 Å². The molecule has 1 atom stereocenters. The van der Waals surface area contributed by atoms with Crippen LogP contribution in [0.2, 0.25) is 5.02 Å². The van der Waals surface area contributed by atoms with Crippen molar-refractivity contribution in [3.8, 4) is 10.4 Å². The van der Waals surface area contributed by atoms with Gasteiger partial charge in [0.2, 0.25) is 0 Å².